The second-order valence-corrected chi connectivity index (χ2v) is 2.30. The molecule has 0 bridgehead atoms. The van der Waals surface area contributed by atoms with Gasteiger partial charge in [-0.2, -0.15) is 0 Å². The van der Waals surface area contributed by atoms with Gasteiger partial charge in [-0.25, -0.2) is 0 Å². The van der Waals surface area contributed by atoms with Crippen molar-refractivity contribution in [3.8, 4) is 0 Å². The second kappa shape index (κ2) is 3.46. The molecule has 0 spiro atoms. The van der Waals surface area contributed by atoms with Crippen LogP contribution in [0.4, 0.5) is 0 Å². The monoisotopic (exact) mass is 154 g/mol. The van der Waals surface area contributed by atoms with Gasteiger partial charge < -0.3 is 9.84 Å². The van der Waals surface area contributed by atoms with Gasteiger partial charge in [0.25, 0.3) is 0 Å². The van der Waals surface area contributed by atoms with E-state index in [4.69, 9.17) is 9.84 Å². The Morgan fingerprint density at radius 2 is 2.55 bits per heavy atom. The topological polar surface area (TPSA) is 46.5 Å². The van der Waals surface area contributed by atoms with E-state index in [0.717, 1.165) is 0 Å². The fraction of sp³-hybridized carbons (Fsp3) is 0.375. The van der Waals surface area contributed by atoms with Gasteiger partial charge in [0.15, 0.2) is 12.1 Å². The van der Waals surface area contributed by atoms with Crippen LogP contribution in [0.25, 0.3) is 0 Å². The standard InChI is InChI=1S/C8H10O3/c1-2-3-7-6(9)4-5-8(10)11-7/h2,4-5,7-8,10H,1,3H2/t7-,8?/m1/s1. The van der Waals surface area contributed by atoms with E-state index in [0.29, 0.717) is 6.42 Å². The van der Waals surface area contributed by atoms with Crippen LogP contribution >= 0.6 is 0 Å². The van der Waals surface area contributed by atoms with E-state index in [-0.39, 0.29) is 5.78 Å². The molecule has 0 aliphatic carbocycles. The lowest BCUT2D eigenvalue weighted by molar-refractivity contribution is -0.147. The first-order valence-corrected chi connectivity index (χ1v) is 3.40. The summed E-state index contributed by atoms with van der Waals surface area (Å²) in [6.45, 7) is 3.48. The van der Waals surface area contributed by atoms with E-state index >= 15 is 0 Å². The van der Waals surface area contributed by atoms with Crippen LogP contribution in [-0.4, -0.2) is 23.3 Å². The average molecular weight is 154 g/mol. The van der Waals surface area contributed by atoms with Gasteiger partial charge in [-0.15, -0.1) is 6.58 Å². The zero-order valence-corrected chi connectivity index (χ0v) is 6.06. The molecule has 1 aliphatic rings. The highest BCUT2D eigenvalue weighted by molar-refractivity contribution is 5.94. The van der Waals surface area contributed by atoms with Crippen molar-refractivity contribution in [1.82, 2.24) is 0 Å². The minimum atomic E-state index is -0.947. The Kier molecular flexibility index (Phi) is 2.57. The van der Waals surface area contributed by atoms with Crippen LogP contribution in [0.2, 0.25) is 0 Å². The van der Waals surface area contributed by atoms with E-state index in [1.165, 1.54) is 12.2 Å². The van der Waals surface area contributed by atoms with Gasteiger partial charge in [-0.05, 0) is 18.6 Å². The molecule has 2 atom stereocenters. The van der Waals surface area contributed by atoms with Crippen LogP contribution in [0.1, 0.15) is 6.42 Å². The lowest BCUT2D eigenvalue weighted by Crippen LogP contribution is -2.30. The number of ether oxygens (including phenoxy) is 1. The second-order valence-electron chi connectivity index (χ2n) is 2.30. The van der Waals surface area contributed by atoms with Crippen molar-refractivity contribution in [3.05, 3.63) is 24.8 Å². The molecule has 0 fully saturated rings. The minimum Gasteiger partial charge on any atom is -0.365 e. The van der Waals surface area contributed by atoms with Crippen LogP contribution in [0.5, 0.6) is 0 Å². The van der Waals surface area contributed by atoms with Gasteiger partial charge in [-0.3, -0.25) is 4.79 Å². The van der Waals surface area contributed by atoms with Crippen molar-refractivity contribution >= 4 is 5.78 Å². The van der Waals surface area contributed by atoms with Crippen LogP contribution < -0.4 is 0 Å². The normalized spacial score (nSPS) is 30.5. The fourth-order valence-corrected chi connectivity index (χ4v) is 0.888. The number of carbonyl (C=O) groups is 1. The van der Waals surface area contributed by atoms with Gasteiger partial charge in [0.05, 0.1) is 0 Å². The largest absolute Gasteiger partial charge is 0.365 e. The maximum Gasteiger partial charge on any atom is 0.184 e. The average Bonchev–Trinajstić information content (AvgIpc) is 1.98. The third-order valence-corrected chi connectivity index (χ3v) is 1.43. The molecule has 0 amide bonds. The Morgan fingerprint density at radius 3 is 3.18 bits per heavy atom. The molecule has 0 aromatic heterocycles. The fourth-order valence-electron chi connectivity index (χ4n) is 0.888. The maximum atomic E-state index is 11.0. The zero-order chi connectivity index (χ0) is 8.27. The number of aliphatic hydroxyl groups is 1. The summed E-state index contributed by atoms with van der Waals surface area (Å²) in [4.78, 5) is 11.0. The molecule has 1 unspecified atom stereocenters. The first-order chi connectivity index (χ1) is 5.24. The number of hydrogen-bond donors (Lipinski definition) is 1. The van der Waals surface area contributed by atoms with E-state index in [1.807, 2.05) is 0 Å². The molecule has 0 radical (unpaired) electrons. The van der Waals surface area contributed by atoms with Gasteiger partial charge in [-0.1, -0.05) is 6.08 Å². The summed E-state index contributed by atoms with van der Waals surface area (Å²) in [5.74, 6) is -0.116. The highest BCUT2D eigenvalue weighted by Gasteiger charge is 2.21. The number of aliphatic hydroxyl groups excluding tert-OH is 1. The van der Waals surface area contributed by atoms with Crippen molar-refractivity contribution in [3.63, 3.8) is 0 Å². The molecule has 1 aliphatic heterocycles. The molecule has 0 aromatic rings. The highest BCUT2D eigenvalue weighted by Crippen LogP contribution is 2.10. The summed E-state index contributed by atoms with van der Waals surface area (Å²) in [7, 11) is 0. The molecule has 60 valence electrons. The molecule has 1 heterocycles. The van der Waals surface area contributed by atoms with E-state index < -0.39 is 12.4 Å². The SMILES string of the molecule is C=CC[C@H]1OC(O)C=CC1=O. The summed E-state index contributed by atoms with van der Waals surface area (Å²) >= 11 is 0. The van der Waals surface area contributed by atoms with Gasteiger partial charge in [0, 0.05) is 0 Å². The number of carbonyl (C=O) groups excluding carboxylic acids is 1. The third-order valence-electron chi connectivity index (χ3n) is 1.43. The summed E-state index contributed by atoms with van der Waals surface area (Å²) in [6.07, 6.45) is 3.20. The molecule has 1 rings (SSSR count). The van der Waals surface area contributed by atoms with Crippen LogP contribution in [0, 0.1) is 0 Å². The summed E-state index contributed by atoms with van der Waals surface area (Å²) < 4.78 is 4.89. The van der Waals surface area contributed by atoms with E-state index in [1.54, 1.807) is 6.08 Å². The van der Waals surface area contributed by atoms with Gasteiger partial charge in [0.2, 0.25) is 0 Å². The smallest absolute Gasteiger partial charge is 0.184 e. The third kappa shape index (κ3) is 2.00. The van der Waals surface area contributed by atoms with Crippen molar-refractivity contribution in [2.24, 2.45) is 0 Å². The molecular formula is C8H10O3. The van der Waals surface area contributed by atoms with Crippen molar-refractivity contribution < 1.29 is 14.6 Å². The molecule has 0 saturated carbocycles. The quantitative estimate of drug-likeness (QED) is 0.586. The zero-order valence-electron chi connectivity index (χ0n) is 6.06. The lowest BCUT2D eigenvalue weighted by Gasteiger charge is -2.19. The van der Waals surface area contributed by atoms with Crippen molar-refractivity contribution in [1.29, 1.82) is 0 Å². The van der Waals surface area contributed by atoms with E-state index in [2.05, 4.69) is 6.58 Å². The lowest BCUT2D eigenvalue weighted by atomic mass is 10.1. The van der Waals surface area contributed by atoms with E-state index in [9.17, 15) is 4.79 Å². The molecule has 0 saturated heterocycles. The molecule has 0 aromatic carbocycles. The predicted molar refractivity (Wildman–Crippen MR) is 39.8 cm³/mol. The Bertz CT molecular complexity index is 196. The van der Waals surface area contributed by atoms with Crippen LogP contribution in [0.3, 0.4) is 0 Å². The minimum absolute atomic E-state index is 0.116. The summed E-state index contributed by atoms with van der Waals surface area (Å²) in [6, 6.07) is 0. The first-order valence-electron chi connectivity index (χ1n) is 3.40. The Morgan fingerprint density at radius 1 is 1.82 bits per heavy atom. The molecule has 1 N–H and O–H groups in total. The predicted octanol–water partition coefficient (Wildman–Crippen LogP) is 0.405. The number of ketones is 1. The summed E-state index contributed by atoms with van der Waals surface area (Å²) in [5, 5.41) is 8.93. The maximum absolute atomic E-state index is 11.0. The van der Waals surface area contributed by atoms with Gasteiger partial charge in [0.1, 0.15) is 6.10 Å². The van der Waals surface area contributed by atoms with Crippen LogP contribution in [0.15, 0.2) is 24.8 Å². The van der Waals surface area contributed by atoms with Gasteiger partial charge >= 0.3 is 0 Å². The first kappa shape index (κ1) is 8.17. The van der Waals surface area contributed by atoms with Crippen molar-refractivity contribution in [2.75, 3.05) is 0 Å². The Hall–Kier alpha value is -0.930. The molecular weight excluding hydrogens is 144 g/mol. The van der Waals surface area contributed by atoms with Crippen LogP contribution in [-0.2, 0) is 9.53 Å². The molecule has 3 nitrogen and oxygen atoms in total. The Labute approximate surface area is 65.0 Å². The molecule has 3 heteroatoms. The number of rotatable bonds is 2. The number of hydrogen-bond acceptors (Lipinski definition) is 3. The molecule has 11 heavy (non-hydrogen) atoms. The highest BCUT2D eigenvalue weighted by atomic mass is 16.6. The van der Waals surface area contributed by atoms with Crippen molar-refractivity contribution in [2.45, 2.75) is 18.8 Å². The Balaban J connectivity index is 2.60. The summed E-state index contributed by atoms with van der Waals surface area (Å²) in [5.41, 5.74) is 0.